The fourth-order valence-corrected chi connectivity index (χ4v) is 4.01. The third-order valence-corrected chi connectivity index (χ3v) is 5.92. The van der Waals surface area contributed by atoms with Crippen LogP contribution in [0.5, 0.6) is 11.5 Å². The lowest BCUT2D eigenvalue weighted by molar-refractivity contribution is 0.0950. The Labute approximate surface area is 195 Å². The number of carbonyl (C=O) groups excluding carboxylic acids is 1. The van der Waals surface area contributed by atoms with E-state index < -0.39 is 0 Å². The van der Waals surface area contributed by atoms with Gasteiger partial charge in [-0.1, -0.05) is 42.5 Å². The van der Waals surface area contributed by atoms with Crippen molar-refractivity contribution >= 4 is 17.2 Å². The van der Waals surface area contributed by atoms with Crippen molar-refractivity contribution in [2.24, 2.45) is 0 Å². The smallest absolute Gasteiger partial charge is 0.270 e. The summed E-state index contributed by atoms with van der Waals surface area (Å²) in [7, 11) is 1.63. The minimum absolute atomic E-state index is 0.135. The molecular formula is C26H23FN2O3S. The molecule has 33 heavy (non-hydrogen) atoms. The molecule has 0 aliphatic carbocycles. The van der Waals surface area contributed by atoms with E-state index in [2.05, 4.69) is 10.3 Å². The van der Waals surface area contributed by atoms with Crippen LogP contribution in [-0.4, -0.2) is 24.5 Å². The number of thiazole rings is 1. The molecule has 168 valence electrons. The zero-order chi connectivity index (χ0) is 23.0. The van der Waals surface area contributed by atoms with E-state index in [-0.39, 0.29) is 18.3 Å². The molecular weight excluding hydrogens is 439 g/mol. The van der Waals surface area contributed by atoms with Gasteiger partial charge in [0.05, 0.1) is 7.11 Å². The summed E-state index contributed by atoms with van der Waals surface area (Å²) < 4.78 is 24.7. The van der Waals surface area contributed by atoms with Crippen LogP contribution >= 0.6 is 11.3 Å². The summed E-state index contributed by atoms with van der Waals surface area (Å²) in [5.74, 6) is 0.908. The van der Waals surface area contributed by atoms with Crippen LogP contribution in [0, 0.1) is 5.82 Å². The molecule has 4 aromatic rings. The minimum Gasteiger partial charge on any atom is -0.497 e. The summed E-state index contributed by atoms with van der Waals surface area (Å²) in [5.41, 5.74) is 2.82. The third kappa shape index (κ3) is 5.96. The Balaban J connectivity index is 1.33. The Morgan fingerprint density at radius 1 is 1.03 bits per heavy atom. The van der Waals surface area contributed by atoms with Crippen LogP contribution in [0.4, 0.5) is 4.39 Å². The first kappa shape index (κ1) is 22.5. The van der Waals surface area contributed by atoms with Crippen molar-refractivity contribution in [3.05, 3.63) is 101 Å². The van der Waals surface area contributed by atoms with Crippen molar-refractivity contribution in [3.8, 4) is 22.1 Å². The van der Waals surface area contributed by atoms with Gasteiger partial charge in [-0.05, 0) is 42.3 Å². The molecule has 5 nitrogen and oxygen atoms in total. The van der Waals surface area contributed by atoms with E-state index in [0.717, 1.165) is 16.9 Å². The molecule has 7 heteroatoms. The molecule has 0 aliphatic heterocycles. The molecule has 0 radical (unpaired) electrons. The molecule has 1 heterocycles. The SMILES string of the molecule is COc1ccc(CCNC(=O)c2csc(-c3cccc(OCc4ccccc4F)c3)n2)cc1. The van der Waals surface area contributed by atoms with Crippen LogP contribution in [0.2, 0.25) is 0 Å². The quantitative estimate of drug-likeness (QED) is 0.356. The van der Waals surface area contributed by atoms with E-state index in [9.17, 15) is 9.18 Å². The van der Waals surface area contributed by atoms with Crippen molar-refractivity contribution < 1.29 is 18.7 Å². The average Bonchev–Trinajstić information content (AvgIpc) is 3.35. The maximum atomic E-state index is 13.8. The number of carbonyl (C=O) groups is 1. The standard InChI is InChI=1S/C26H23FN2O3S/c1-31-21-11-9-18(10-12-21)13-14-28-25(30)24-17-33-26(29-24)19-6-4-7-22(15-19)32-16-20-5-2-3-8-23(20)27/h2-12,15,17H,13-14,16H2,1H3,(H,28,30). The van der Waals surface area contributed by atoms with Gasteiger partial charge in [-0.3, -0.25) is 4.79 Å². The second-order valence-electron chi connectivity index (χ2n) is 7.30. The summed E-state index contributed by atoms with van der Waals surface area (Å²) in [4.78, 5) is 17.0. The molecule has 0 bridgehead atoms. The van der Waals surface area contributed by atoms with Crippen LogP contribution in [-0.2, 0) is 13.0 Å². The Morgan fingerprint density at radius 2 is 1.85 bits per heavy atom. The van der Waals surface area contributed by atoms with Crippen LogP contribution in [0.15, 0.2) is 78.2 Å². The fraction of sp³-hybridized carbons (Fsp3) is 0.154. The Kier molecular flexibility index (Phi) is 7.32. The molecule has 0 unspecified atom stereocenters. The van der Waals surface area contributed by atoms with Gasteiger partial charge in [0.25, 0.3) is 5.91 Å². The number of hydrogen-bond acceptors (Lipinski definition) is 5. The molecule has 1 aromatic heterocycles. The summed E-state index contributed by atoms with van der Waals surface area (Å²) in [5, 5.41) is 5.37. The van der Waals surface area contributed by atoms with Crippen molar-refractivity contribution in [3.63, 3.8) is 0 Å². The Bertz CT molecular complexity index is 1220. The number of halogens is 1. The molecule has 0 saturated heterocycles. The monoisotopic (exact) mass is 462 g/mol. The van der Waals surface area contributed by atoms with Crippen molar-refractivity contribution in [1.82, 2.24) is 10.3 Å². The van der Waals surface area contributed by atoms with Crippen molar-refractivity contribution in [2.75, 3.05) is 13.7 Å². The van der Waals surface area contributed by atoms with Crippen LogP contribution in [0.3, 0.4) is 0 Å². The Hall–Kier alpha value is -3.71. The number of benzene rings is 3. The number of amides is 1. The highest BCUT2D eigenvalue weighted by molar-refractivity contribution is 7.13. The van der Waals surface area contributed by atoms with Gasteiger partial charge in [0.2, 0.25) is 0 Å². The molecule has 0 spiro atoms. The molecule has 1 amide bonds. The predicted molar refractivity (Wildman–Crippen MR) is 127 cm³/mol. The highest BCUT2D eigenvalue weighted by Gasteiger charge is 2.12. The topological polar surface area (TPSA) is 60.5 Å². The number of methoxy groups -OCH3 is 1. The van der Waals surface area contributed by atoms with Gasteiger partial charge in [0.15, 0.2) is 0 Å². The first-order valence-electron chi connectivity index (χ1n) is 10.5. The van der Waals surface area contributed by atoms with Gasteiger partial charge in [-0.15, -0.1) is 11.3 Å². The van der Waals surface area contributed by atoms with Crippen LogP contribution < -0.4 is 14.8 Å². The molecule has 0 fully saturated rings. The Morgan fingerprint density at radius 3 is 2.64 bits per heavy atom. The second kappa shape index (κ2) is 10.7. The van der Waals surface area contributed by atoms with Crippen LogP contribution in [0.25, 0.3) is 10.6 Å². The lowest BCUT2D eigenvalue weighted by Crippen LogP contribution is -2.25. The molecule has 0 atom stereocenters. The zero-order valence-electron chi connectivity index (χ0n) is 18.1. The van der Waals surface area contributed by atoms with Crippen molar-refractivity contribution in [1.29, 1.82) is 0 Å². The molecule has 3 aromatic carbocycles. The maximum Gasteiger partial charge on any atom is 0.270 e. The number of ether oxygens (including phenoxy) is 2. The average molecular weight is 463 g/mol. The minimum atomic E-state index is -0.295. The predicted octanol–water partition coefficient (Wildman–Crippen LogP) is 5.51. The summed E-state index contributed by atoms with van der Waals surface area (Å²) >= 11 is 1.39. The van der Waals surface area contributed by atoms with Gasteiger partial charge >= 0.3 is 0 Å². The first-order chi connectivity index (χ1) is 16.1. The number of nitrogens with one attached hydrogen (secondary N) is 1. The molecule has 1 N–H and O–H groups in total. The highest BCUT2D eigenvalue weighted by Crippen LogP contribution is 2.27. The number of nitrogens with zero attached hydrogens (tertiary/aromatic N) is 1. The molecule has 0 aliphatic rings. The maximum absolute atomic E-state index is 13.8. The van der Waals surface area contributed by atoms with E-state index in [4.69, 9.17) is 9.47 Å². The molecule has 0 saturated carbocycles. The van der Waals surface area contributed by atoms with E-state index in [0.29, 0.717) is 35.0 Å². The van der Waals surface area contributed by atoms with E-state index in [1.807, 2.05) is 48.5 Å². The van der Waals surface area contributed by atoms with Gasteiger partial charge in [-0.2, -0.15) is 0 Å². The summed E-state index contributed by atoms with van der Waals surface area (Å²) in [6.07, 6.45) is 0.716. The van der Waals surface area contributed by atoms with Crippen LogP contribution in [0.1, 0.15) is 21.6 Å². The van der Waals surface area contributed by atoms with E-state index >= 15 is 0 Å². The number of rotatable bonds is 9. The van der Waals surface area contributed by atoms with Gasteiger partial charge < -0.3 is 14.8 Å². The number of hydrogen-bond donors (Lipinski definition) is 1. The lowest BCUT2D eigenvalue weighted by atomic mass is 10.1. The largest absolute Gasteiger partial charge is 0.497 e. The molecule has 4 rings (SSSR count). The van der Waals surface area contributed by atoms with Gasteiger partial charge in [0.1, 0.15) is 34.6 Å². The zero-order valence-corrected chi connectivity index (χ0v) is 18.9. The van der Waals surface area contributed by atoms with Gasteiger partial charge in [-0.25, -0.2) is 9.37 Å². The normalized spacial score (nSPS) is 10.6. The highest BCUT2D eigenvalue weighted by atomic mass is 32.1. The van der Waals surface area contributed by atoms with E-state index in [1.165, 1.54) is 17.4 Å². The summed E-state index contributed by atoms with van der Waals surface area (Å²) in [6, 6.07) is 21.7. The third-order valence-electron chi connectivity index (χ3n) is 5.03. The lowest BCUT2D eigenvalue weighted by Gasteiger charge is -2.08. The second-order valence-corrected chi connectivity index (χ2v) is 8.16. The van der Waals surface area contributed by atoms with Gasteiger partial charge in [0, 0.05) is 23.1 Å². The van der Waals surface area contributed by atoms with Crippen molar-refractivity contribution in [2.45, 2.75) is 13.0 Å². The fourth-order valence-electron chi connectivity index (χ4n) is 3.21. The van der Waals surface area contributed by atoms with E-state index in [1.54, 1.807) is 30.7 Å². The first-order valence-corrected chi connectivity index (χ1v) is 11.3. The summed E-state index contributed by atoms with van der Waals surface area (Å²) in [6.45, 7) is 0.646. The number of aromatic nitrogens is 1.